The van der Waals surface area contributed by atoms with Gasteiger partial charge in [-0.2, -0.15) is 0 Å². The molecule has 0 bridgehead atoms. The lowest BCUT2D eigenvalue weighted by Crippen LogP contribution is -2.24. The quantitative estimate of drug-likeness (QED) is 0.428. The van der Waals surface area contributed by atoms with Crippen LogP contribution in [0.3, 0.4) is 0 Å². The summed E-state index contributed by atoms with van der Waals surface area (Å²) in [4.78, 5) is 10.5. The highest BCUT2D eigenvalue weighted by atomic mass is 19.3. The number of fused-ring (bicyclic) bond motifs is 1. The van der Waals surface area contributed by atoms with Gasteiger partial charge in [0.2, 0.25) is 0 Å². The van der Waals surface area contributed by atoms with Gasteiger partial charge in [0.25, 0.3) is 5.92 Å². The van der Waals surface area contributed by atoms with Gasteiger partial charge in [-0.1, -0.05) is 24.3 Å². The maximum Gasteiger partial charge on any atom is 0.261 e. The monoisotopic (exact) mass is 449 g/mol. The molecule has 1 aliphatic rings. The molecule has 4 aromatic rings. The van der Waals surface area contributed by atoms with E-state index in [9.17, 15) is 13.9 Å². The molecule has 5 nitrogen and oxygen atoms in total. The number of benzene rings is 1. The second-order valence-corrected chi connectivity index (χ2v) is 9.19. The van der Waals surface area contributed by atoms with Gasteiger partial charge in [-0.15, -0.1) is 0 Å². The summed E-state index contributed by atoms with van der Waals surface area (Å²) in [7, 11) is 0. The molecule has 5 rings (SSSR count). The predicted octanol–water partition coefficient (Wildman–Crippen LogP) is 5.63. The molecule has 7 heteroatoms. The molecule has 1 N–H and O–H groups in total. The third-order valence-corrected chi connectivity index (χ3v) is 6.00. The summed E-state index contributed by atoms with van der Waals surface area (Å²) in [6.07, 6.45) is 3.33. The number of aromatic nitrogens is 2. The van der Waals surface area contributed by atoms with E-state index >= 15 is 0 Å². The van der Waals surface area contributed by atoms with Gasteiger partial charge in [-0.05, 0) is 43.2 Å². The molecule has 0 saturated carbocycles. The zero-order valence-corrected chi connectivity index (χ0v) is 18.6. The Morgan fingerprint density at radius 3 is 2.48 bits per heavy atom. The molecule has 0 amide bonds. The van der Waals surface area contributed by atoms with E-state index < -0.39 is 11.5 Å². The van der Waals surface area contributed by atoms with Crippen LogP contribution in [-0.4, -0.2) is 39.0 Å². The molecule has 1 saturated heterocycles. The molecule has 0 unspecified atom stereocenters. The van der Waals surface area contributed by atoms with Crippen LogP contribution in [0.25, 0.3) is 33.6 Å². The van der Waals surface area contributed by atoms with E-state index in [4.69, 9.17) is 4.42 Å². The average Bonchev–Trinajstić information content (AvgIpc) is 3.36. The summed E-state index contributed by atoms with van der Waals surface area (Å²) in [6.45, 7) is 4.14. The smallest absolute Gasteiger partial charge is 0.261 e. The number of aliphatic hydroxyl groups is 1. The minimum Gasteiger partial charge on any atom is -0.454 e. The van der Waals surface area contributed by atoms with Gasteiger partial charge in [0, 0.05) is 49.1 Å². The molecule has 1 aromatic carbocycles. The number of furan rings is 1. The summed E-state index contributed by atoms with van der Waals surface area (Å²) >= 11 is 0. The van der Waals surface area contributed by atoms with Crippen LogP contribution >= 0.6 is 0 Å². The van der Waals surface area contributed by atoms with Crippen LogP contribution in [-0.2, 0) is 12.1 Å². The highest BCUT2D eigenvalue weighted by Crippen LogP contribution is 2.35. The Kier molecular flexibility index (Phi) is 5.26. The van der Waals surface area contributed by atoms with Crippen molar-refractivity contribution in [3.63, 3.8) is 0 Å². The lowest BCUT2D eigenvalue weighted by Gasteiger charge is -2.17. The van der Waals surface area contributed by atoms with Crippen LogP contribution in [0.1, 0.15) is 31.5 Å². The van der Waals surface area contributed by atoms with Crippen LogP contribution in [0.15, 0.2) is 65.3 Å². The Morgan fingerprint density at radius 2 is 1.79 bits per heavy atom. The molecular formula is C26H25F2N3O2. The molecule has 1 aliphatic heterocycles. The first-order valence-corrected chi connectivity index (χ1v) is 11.0. The first-order valence-electron chi connectivity index (χ1n) is 11.0. The van der Waals surface area contributed by atoms with E-state index in [1.54, 1.807) is 31.1 Å². The minimum atomic E-state index is -2.58. The molecule has 0 spiro atoms. The van der Waals surface area contributed by atoms with E-state index in [1.165, 1.54) is 0 Å². The van der Waals surface area contributed by atoms with Crippen LogP contribution in [0.5, 0.6) is 0 Å². The Bertz CT molecular complexity index is 1290. The lowest BCUT2D eigenvalue weighted by atomic mass is 10.00. The SMILES string of the molecule is CC(C)(O)c1cc(-c2ccnc3cc(-c4ccc(CN5CCC(F)(F)C5)cc4)oc23)ccn1. The van der Waals surface area contributed by atoms with Crippen LogP contribution in [0.2, 0.25) is 0 Å². The number of halogens is 2. The molecule has 0 aliphatic carbocycles. The number of hydrogen-bond acceptors (Lipinski definition) is 5. The average molecular weight is 450 g/mol. The molecule has 0 atom stereocenters. The van der Waals surface area contributed by atoms with E-state index in [0.717, 1.165) is 27.8 Å². The second kappa shape index (κ2) is 8.01. The van der Waals surface area contributed by atoms with E-state index in [-0.39, 0.29) is 13.0 Å². The van der Waals surface area contributed by atoms with Crippen LogP contribution in [0.4, 0.5) is 8.78 Å². The zero-order chi connectivity index (χ0) is 23.2. The van der Waals surface area contributed by atoms with Crippen molar-refractivity contribution in [2.24, 2.45) is 0 Å². The van der Waals surface area contributed by atoms with Gasteiger partial charge in [0.15, 0.2) is 5.58 Å². The Hall–Kier alpha value is -3.16. The highest BCUT2D eigenvalue weighted by Gasteiger charge is 2.37. The number of nitrogens with zero attached hydrogens (tertiary/aromatic N) is 3. The van der Waals surface area contributed by atoms with E-state index in [2.05, 4.69) is 9.97 Å². The fourth-order valence-corrected chi connectivity index (χ4v) is 4.21. The van der Waals surface area contributed by atoms with Crippen LogP contribution in [0, 0.1) is 0 Å². The Balaban J connectivity index is 1.43. The normalized spacial score (nSPS) is 16.5. The molecule has 3 aromatic heterocycles. The van der Waals surface area contributed by atoms with Crippen molar-refractivity contribution in [3.05, 3.63) is 72.2 Å². The Morgan fingerprint density at radius 1 is 1.03 bits per heavy atom. The van der Waals surface area contributed by atoms with Gasteiger partial charge >= 0.3 is 0 Å². The van der Waals surface area contributed by atoms with Crippen LogP contribution < -0.4 is 0 Å². The van der Waals surface area contributed by atoms with E-state index in [0.29, 0.717) is 30.1 Å². The molecule has 0 radical (unpaired) electrons. The van der Waals surface area contributed by atoms with Gasteiger partial charge in [0.1, 0.15) is 16.9 Å². The maximum absolute atomic E-state index is 13.4. The van der Waals surface area contributed by atoms with Crippen molar-refractivity contribution in [2.45, 2.75) is 38.3 Å². The van der Waals surface area contributed by atoms with Gasteiger partial charge in [0.05, 0.1) is 12.2 Å². The summed E-state index contributed by atoms with van der Waals surface area (Å²) in [5, 5.41) is 10.3. The van der Waals surface area contributed by atoms with Gasteiger partial charge in [-0.25, -0.2) is 8.78 Å². The van der Waals surface area contributed by atoms with Crippen molar-refractivity contribution < 1.29 is 18.3 Å². The minimum absolute atomic E-state index is 0.0752. The fourth-order valence-electron chi connectivity index (χ4n) is 4.21. The van der Waals surface area contributed by atoms with Crippen molar-refractivity contribution in [2.75, 3.05) is 13.1 Å². The molecule has 4 heterocycles. The molecule has 170 valence electrons. The van der Waals surface area contributed by atoms with Crippen molar-refractivity contribution in [3.8, 4) is 22.5 Å². The molecular weight excluding hydrogens is 424 g/mol. The standard InChI is InChI=1S/C26H25F2N3O2/c1-25(2,32)23-13-19(7-10-30-23)20-8-11-29-21-14-22(33-24(20)21)18-5-3-17(4-6-18)15-31-12-9-26(27,28)16-31/h3-8,10-11,13-14,32H,9,12,15-16H2,1-2H3. The first kappa shape index (κ1) is 21.7. The summed E-state index contributed by atoms with van der Waals surface area (Å²) in [5.41, 5.74) is 4.53. The van der Waals surface area contributed by atoms with Gasteiger partial charge in [-0.3, -0.25) is 14.9 Å². The summed E-state index contributed by atoms with van der Waals surface area (Å²) < 4.78 is 33.1. The second-order valence-electron chi connectivity index (χ2n) is 9.19. The topological polar surface area (TPSA) is 62.4 Å². The number of likely N-dealkylation sites (tertiary alicyclic amines) is 1. The number of pyridine rings is 2. The van der Waals surface area contributed by atoms with E-state index in [1.807, 2.05) is 48.5 Å². The Labute approximate surface area is 190 Å². The molecule has 33 heavy (non-hydrogen) atoms. The fraction of sp³-hybridized carbons (Fsp3) is 0.308. The zero-order valence-electron chi connectivity index (χ0n) is 18.6. The maximum atomic E-state index is 13.4. The largest absolute Gasteiger partial charge is 0.454 e. The lowest BCUT2D eigenvalue weighted by molar-refractivity contribution is 0.0115. The first-order chi connectivity index (χ1) is 15.7. The highest BCUT2D eigenvalue weighted by molar-refractivity contribution is 5.92. The number of alkyl halides is 2. The summed E-state index contributed by atoms with van der Waals surface area (Å²) in [6, 6.07) is 15.3. The van der Waals surface area contributed by atoms with Gasteiger partial charge < -0.3 is 9.52 Å². The number of hydrogen-bond donors (Lipinski definition) is 1. The van der Waals surface area contributed by atoms with Crippen molar-refractivity contribution in [1.29, 1.82) is 0 Å². The predicted molar refractivity (Wildman–Crippen MR) is 123 cm³/mol. The van der Waals surface area contributed by atoms with Crippen molar-refractivity contribution in [1.82, 2.24) is 14.9 Å². The van der Waals surface area contributed by atoms with Crippen molar-refractivity contribution >= 4 is 11.1 Å². The molecule has 1 fully saturated rings. The summed E-state index contributed by atoms with van der Waals surface area (Å²) in [5.74, 6) is -1.90. The third kappa shape index (κ3) is 4.51. The number of rotatable bonds is 5. The third-order valence-electron chi connectivity index (χ3n) is 6.00.